The van der Waals surface area contributed by atoms with Gasteiger partial charge < -0.3 is 4.74 Å². The third kappa shape index (κ3) is 3.54. The van der Waals surface area contributed by atoms with Gasteiger partial charge in [0.1, 0.15) is 5.75 Å². The Hall–Kier alpha value is -1.49. The number of thioether (sulfide) groups is 1. The summed E-state index contributed by atoms with van der Waals surface area (Å²) in [6.07, 6.45) is 2.91. The largest absolute Gasteiger partial charge is 0.497 e. The van der Waals surface area contributed by atoms with Crippen LogP contribution in [0.2, 0.25) is 0 Å². The first-order valence-electron chi connectivity index (χ1n) is 6.50. The second-order valence-electron chi connectivity index (χ2n) is 4.52. The van der Waals surface area contributed by atoms with Crippen molar-refractivity contribution >= 4 is 11.8 Å². The maximum Gasteiger partial charge on any atom is 0.119 e. The monoisotopic (exact) mass is 288 g/mol. The molecule has 3 N–H and O–H groups in total. The number of ether oxygens (including phenoxy) is 1. The minimum absolute atomic E-state index is 0.0887. The van der Waals surface area contributed by atoms with E-state index in [0.29, 0.717) is 0 Å². The molecule has 2 rings (SSSR count). The predicted octanol–water partition coefficient (Wildman–Crippen LogP) is 3.16. The van der Waals surface area contributed by atoms with E-state index in [4.69, 9.17) is 10.6 Å². The molecule has 0 aliphatic heterocycles. The lowest BCUT2D eigenvalue weighted by Crippen LogP contribution is -2.30. The number of nitrogens with two attached hydrogens (primary N) is 1. The Morgan fingerprint density at radius 1 is 1.20 bits per heavy atom. The average Bonchev–Trinajstić information content (AvgIpc) is 2.52. The van der Waals surface area contributed by atoms with E-state index in [2.05, 4.69) is 35.9 Å². The summed E-state index contributed by atoms with van der Waals surface area (Å²) in [5.74, 6) is 6.63. The lowest BCUT2D eigenvalue weighted by Gasteiger charge is -2.19. The first kappa shape index (κ1) is 14.9. The van der Waals surface area contributed by atoms with E-state index in [9.17, 15) is 0 Å². The van der Waals surface area contributed by atoms with Crippen LogP contribution in [0.15, 0.2) is 53.4 Å². The second-order valence-corrected chi connectivity index (χ2v) is 5.36. The first-order valence-corrected chi connectivity index (χ1v) is 7.73. The van der Waals surface area contributed by atoms with Crippen molar-refractivity contribution < 1.29 is 4.74 Å². The predicted molar refractivity (Wildman–Crippen MR) is 85.0 cm³/mol. The number of benzene rings is 2. The van der Waals surface area contributed by atoms with Gasteiger partial charge in [-0.15, -0.1) is 11.8 Å². The molecule has 0 amide bonds. The molecule has 0 radical (unpaired) electrons. The molecule has 0 bridgehead atoms. The fraction of sp³-hybridized carbons (Fsp3) is 0.250. The molecule has 0 heterocycles. The summed E-state index contributed by atoms with van der Waals surface area (Å²) in [5, 5.41) is 0. The van der Waals surface area contributed by atoms with Crippen molar-refractivity contribution in [3.63, 3.8) is 0 Å². The van der Waals surface area contributed by atoms with Crippen LogP contribution >= 0.6 is 11.8 Å². The third-order valence-corrected chi connectivity index (χ3v) is 4.10. The summed E-state index contributed by atoms with van der Waals surface area (Å²) in [5.41, 5.74) is 5.35. The molecule has 0 spiro atoms. The van der Waals surface area contributed by atoms with Crippen molar-refractivity contribution in [2.45, 2.75) is 17.4 Å². The zero-order chi connectivity index (χ0) is 14.4. The molecule has 0 aliphatic carbocycles. The van der Waals surface area contributed by atoms with E-state index in [1.807, 2.05) is 24.3 Å². The summed E-state index contributed by atoms with van der Waals surface area (Å²) in [7, 11) is 1.68. The van der Waals surface area contributed by atoms with E-state index < -0.39 is 0 Å². The van der Waals surface area contributed by atoms with Gasteiger partial charge in [0, 0.05) is 4.90 Å². The van der Waals surface area contributed by atoms with Crippen molar-refractivity contribution in [3.05, 3.63) is 59.7 Å². The van der Waals surface area contributed by atoms with E-state index >= 15 is 0 Å². The van der Waals surface area contributed by atoms with E-state index in [1.54, 1.807) is 18.9 Å². The Morgan fingerprint density at radius 2 is 2.00 bits per heavy atom. The van der Waals surface area contributed by atoms with Crippen molar-refractivity contribution in [1.29, 1.82) is 0 Å². The number of hydrogen-bond donors (Lipinski definition) is 2. The molecule has 2 aromatic rings. The molecule has 4 heteroatoms. The van der Waals surface area contributed by atoms with Gasteiger partial charge in [-0.25, -0.2) is 0 Å². The highest BCUT2D eigenvalue weighted by Crippen LogP contribution is 2.28. The quantitative estimate of drug-likeness (QED) is 0.487. The Morgan fingerprint density at radius 3 is 2.70 bits per heavy atom. The van der Waals surface area contributed by atoms with Gasteiger partial charge in [0.05, 0.1) is 13.2 Å². The van der Waals surface area contributed by atoms with Crippen molar-refractivity contribution in [2.75, 3.05) is 13.4 Å². The van der Waals surface area contributed by atoms with Crippen LogP contribution in [0.3, 0.4) is 0 Å². The third-order valence-electron chi connectivity index (χ3n) is 3.29. The van der Waals surface area contributed by atoms with E-state index in [-0.39, 0.29) is 6.04 Å². The Kier molecular flexibility index (Phi) is 5.47. The van der Waals surface area contributed by atoms with Crippen molar-refractivity contribution in [3.8, 4) is 5.75 Å². The van der Waals surface area contributed by atoms with Gasteiger partial charge in [-0.05, 0) is 42.0 Å². The fourth-order valence-corrected chi connectivity index (χ4v) is 2.91. The lowest BCUT2D eigenvalue weighted by atomic mass is 9.99. The SMILES string of the molecule is COc1cccc(CC(NN)c2ccccc2SC)c1. The first-order chi connectivity index (χ1) is 9.78. The zero-order valence-electron chi connectivity index (χ0n) is 11.8. The van der Waals surface area contributed by atoms with E-state index in [0.717, 1.165) is 12.2 Å². The fourth-order valence-electron chi connectivity index (χ4n) is 2.25. The lowest BCUT2D eigenvalue weighted by molar-refractivity contribution is 0.413. The number of hydrazine groups is 1. The highest BCUT2D eigenvalue weighted by molar-refractivity contribution is 7.98. The maximum absolute atomic E-state index is 5.76. The summed E-state index contributed by atoms with van der Waals surface area (Å²) >= 11 is 1.74. The topological polar surface area (TPSA) is 47.3 Å². The van der Waals surface area contributed by atoms with E-state index in [1.165, 1.54) is 16.0 Å². The van der Waals surface area contributed by atoms with Crippen LogP contribution in [0.4, 0.5) is 0 Å². The molecule has 1 unspecified atom stereocenters. The van der Waals surface area contributed by atoms with Gasteiger partial charge in [0.15, 0.2) is 0 Å². The molecular weight excluding hydrogens is 268 g/mol. The number of methoxy groups -OCH3 is 1. The highest BCUT2D eigenvalue weighted by Gasteiger charge is 2.14. The summed E-state index contributed by atoms with van der Waals surface area (Å²) in [6.45, 7) is 0. The van der Waals surface area contributed by atoms with Crippen LogP contribution in [0, 0.1) is 0 Å². The minimum Gasteiger partial charge on any atom is -0.497 e. The van der Waals surface area contributed by atoms with Crippen molar-refractivity contribution in [1.82, 2.24) is 5.43 Å². The Labute approximate surface area is 124 Å². The summed E-state index contributed by atoms with van der Waals surface area (Å²) in [4.78, 5) is 1.25. The molecule has 0 fully saturated rings. The number of hydrogen-bond acceptors (Lipinski definition) is 4. The smallest absolute Gasteiger partial charge is 0.119 e. The highest BCUT2D eigenvalue weighted by atomic mass is 32.2. The number of rotatable bonds is 6. The molecule has 1 atom stereocenters. The van der Waals surface area contributed by atoms with Crippen LogP contribution in [-0.4, -0.2) is 13.4 Å². The van der Waals surface area contributed by atoms with Crippen LogP contribution in [-0.2, 0) is 6.42 Å². The zero-order valence-corrected chi connectivity index (χ0v) is 12.6. The molecule has 20 heavy (non-hydrogen) atoms. The molecule has 106 valence electrons. The second kappa shape index (κ2) is 7.33. The van der Waals surface area contributed by atoms with Crippen LogP contribution in [0.1, 0.15) is 17.2 Å². The molecule has 0 saturated carbocycles. The standard InChI is InChI=1S/C16H20N2OS/c1-19-13-7-5-6-12(10-13)11-15(18-17)14-8-3-4-9-16(14)20-2/h3-10,15,18H,11,17H2,1-2H3. The van der Waals surface area contributed by atoms with Gasteiger partial charge >= 0.3 is 0 Å². The molecule has 2 aromatic carbocycles. The van der Waals surface area contributed by atoms with Gasteiger partial charge in [-0.1, -0.05) is 30.3 Å². The Balaban J connectivity index is 2.24. The van der Waals surface area contributed by atoms with Crippen LogP contribution in [0.25, 0.3) is 0 Å². The molecule has 0 aromatic heterocycles. The molecular formula is C16H20N2OS. The maximum atomic E-state index is 5.76. The molecule has 3 nitrogen and oxygen atoms in total. The van der Waals surface area contributed by atoms with Gasteiger partial charge in [0.2, 0.25) is 0 Å². The normalized spacial score (nSPS) is 12.2. The number of nitrogens with one attached hydrogen (secondary N) is 1. The molecule has 0 aliphatic rings. The Bertz CT molecular complexity index is 560. The molecule has 0 saturated heterocycles. The van der Waals surface area contributed by atoms with Crippen LogP contribution < -0.4 is 16.0 Å². The summed E-state index contributed by atoms with van der Waals surface area (Å²) < 4.78 is 5.26. The van der Waals surface area contributed by atoms with Crippen LogP contribution in [0.5, 0.6) is 5.75 Å². The van der Waals surface area contributed by atoms with Gasteiger partial charge in [-0.3, -0.25) is 11.3 Å². The van der Waals surface area contributed by atoms with Crippen molar-refractivity contribution in [2.24, 2.45) is 5.84 Å². The van der Waals surface area contributed by atoms with Gasteiger partial charge in [0.25, 0.3) is 0 Å². The summed E-state index contributed by atoms with van der Waals surface area (Å²) in [6, 6.07) is 16.5. The minimum atomic E-state index is 0.0887. The van der Waals surface area contributed by atoms with Gasteiger partial charge in [-0.2, -0.15) is 0 Å². The average molecular weight is 288 g/mol.